The van der Waals surface area contributed by atoms with E-state index in [4.69, 9.17) is 0 Å². The molecule has 0 saturated heterocycles. The zero-order valence-corrected chi connectivity index (χ0v) is 12.7. The summed E-state index contributed by atoms with van der Waals surface area (Å²) in [5, 5.41) is 6.81. The molecule has 0 aliphatic heterocycles. The molecule has 22 heavy (non-hydrogen) atoms. The van der Waals surface area contributed by atoms with Gasteiger partial charge < -0.3 is 10.1 Å². The first-order valence-corrected chi connectivity index (χ1v) is 6.75. The molecule has 0 aliphatic carbocycles. The summed E-state index contributed by atoms with van der Waals surface area (Å²) in [4.78, 5) is 31.2. The van der Waals surface area contributed by atoms with Crippen LogP contribution in [0.5, 0.6) is 0 Å². The van der Waals surface area contributed by atoms with Gasteiger partial charge in [0.25, 0.3) is 11.7 Å². The van der Waals surface area contributed by atoms with Gasteiger partial charge in [0.2, 0.25) is 5.82 Å². The molecule has 1 N–H and O–H groups in total. The Balaban J connectivity index is 1.97. The van der Waals surface area contributed by atoms with Gasteiger partial charge in [0.05, 0.1) is 7.11 Å². The number of esters is 1. The van der Waals surface area contributed by atoms with Crippen LogP contribution in [0.3, 0.4) is 0 Å². The molecule has 0 radical (unpaired) electrons. The summed E-state index contributed by atoms with van der Waals surface area (Å²) in [6.45, 7) is 4.10. The van der Waals surface area contributed by atoms with Gasteiger partial charge in [-0.2, -0.15) is 4.98 Å². The molecule has 0 aromatic carbocycles. The van der Waals surface area contributed by atoms with Crippen molar-refractivity contribution in [1.29, 1.82) is 0 Å². The summed E-state index contributed by atoms with van der Waals surface area (Å²) in [5.74, 6) is -0.342. The van der Waals surface area contributed by atoms with E-state index >= 15 is 0 Å². The molecule has 0 bridgehead atoms. The van der Waals surface area contributed by atoms with Gasteiger partial charge in [-0.3, -0.25) is 4.79 Å². The fraction of sp³-hybridized carbons (Fsp3) is 0.357. The summed E-state index contributed by atoms with van der Waals surface area (Å²) < 4.78 is 5.99. The van der Waals surface area contributed by atoms with Crippen molar-refractivity contribution in [2.45, 2.75) is 20.3 Å². The predicted molar refractivity (Wildman–Crippen MR) is 78.4 cm³/mol. The molecule has 0 aliphatic rings. The van der Waals surface area contributed by atoms with E-state index in [1.807, 2.05) is 19.9 Å². The Kier molecular flexibility index (Phi) is 4.82. The summed E-state index contributed by atoms with van der Waals surface area (Å²) >= 11 is 0. The van der Waals surface area contributed by atoms with Crippen molar-refractivity contribution in [3.05, 3.63) is 35.4 Å². The minimum atomic E-state index is -0.426. The molecule has 2 heterocycles. The normalized spacial score (nSPS) is 11.0. The third-order valence-corrected chi connectivity index (χ3v) is 2.87. The highest BCUT2D eigenvalue weighted by Crippen LogP contribution is 2.05. The van der Waals surface area contributed by atoms with E-state index in [2.05, 4.69) is 25.1 Å². The molecule has 0 fully saturated rings. The fourth-order valence-electron chi connectivity index (χ4n) is 1.86. The smallest absolute Gasteiger partial charge is 0.330 e. The van der Waals surface area contributed by atoms with Crippen molar-refractivity contribution in [2.75, 3.05) is 13.7 Å². The van der Waals surface area contributed by atoms with Gasteiger partial charge in [0.15, 0.2) is 0 Å². The molecule has 1 amide bonds. The number of fused-ring (bicyclic) bond motifs is 1. The molecule has 8 heteroatoms. The maximum absolute atomic E-state index is 12.0. The molecule has 2 rings (SSSR count). The minimum Gasteiger partial charge on any atom is -0.466 e. The Morgan fingerprint density at radius 1 is 1.36 bits per heavy atom. The van der Waals surface area contributed by atoms with Crippen molar-refractivity contribution in [3.8, 4) is 0 Å². The molecule has 2 aromatic heterocycles. The first-order valence-electron chi connectivity index (χ1n) is 6.75. The van der Waals surface area contributed by atoms with Crippen LogP contribution in [0.4, 0.5) is 0 Å². The van der Waals surface area contributed by atoms with Crippen LogP contribution in [-0.4, -0.2) is 45.1 Å². The minimum absolute atomic E-state index is 0.0677. The highest BCUT2D eigenvalue weighted by atomic mass is 16.5. The summed E-state index contributed by atoms with van der Waals surface area (Å²) in [5.41, 5.74) is 1.67. The van der Waals surface area contributed by atoms with Gasteiger partial charge >= 0.3 is 5.97 Å². The molecule has 0 saturated carbocycles. The molecule has 0 unspecified atom stereocenters. The summed E-state index contributed by atoms with van der Waals surface area (Å²) in [6, 6.07) is 1.86. The van der Waals surface area contributed by atoms with Crippen LogP contribution >= 0.6 is 0 Å². The number of carbonyl (C=O) groups is 2. The molecular weight excluding hydrogens is 286 g/mol. The quantitative estimate of drug-likeness (QED) is 0.493. The second-order valence-corrected chi connectivity index (χ2v) is 4.66. The molecular formula is C14H17N5O3. The first kappa shape index (κ1) is 15.6. The van der Waals surface area contributed by atoms with Gasteiger partial charge in [0.1, 0.15) is 0 Å². The van der Waals surface area contributed by atoms with Crippen LogP contribution in [0.15, 0.2) is 18.2 Å². The fourth-order valence-corrected chi connectivity index (χ4v) is 1.86. The number of ether oxygens (including phenoxy) is 1. The first-order chi connectivity index (χ1) is 10.5. The number of amides is 1. The van der Waals surface area contributed by atoms with Crippen LogP contribution in [0, 0.1) is 13.8 Å². The zero-order valence-electron chi connectivity index (χ0n) is 12.7. The van der Waals surface area contributed by atoms with Gasteiger partial charge in [0, 0.05) is 24.0 Å². The van der Waals surface area contributed by atoms with Gasteiger partial charge in [-0.05, 0) is 26.3 Å². The monoisotopic (exact) mass is 303 g/mol. The Morgan fingerprint density at radius 2 is 2.14 bits per heavy atom. The van der Waals surface area contributed by atoms with Gasteiger partial charge in [-0.15, -0.1) is 5.10 Å². The third-order valence-electron chi connectivity index (χ3n) is 2.87. The van der Waals surface area contributed by atoms with E-state index in [9.17, 15) is 9.59 Å². The Hall–Kier alpha value is -2.77. The van der Waals surface area contributed by atoms with E-state index in [0.29, 0.717) is 18.7 Å². The van der Waals surface area contributed by atoms with E-state index in [1.54, 1.807) is 6.08 Å². The number of hydrogen-bond donors (Lipinski definition) is 1. The average Bonchev–Trinajstić information content (AvgIpc) is 2.90. The number of aromatic nitrogens is 4. The molecule has 0 atom stereocenters. The number of methoxy groups -OCH3 is 1. The van der Waals surface area contributed by atoms with Gasteiger partial charge in [-0.25, -0.2) is 14.3 Å². The van der Waals surface area contributed by atoms with Crippen LogP contribution in [0.2, 0.25) is 0 Å². The zero-order chi connectivity index (χ0) is 16.1. The van der Waals surface area contributed by atoms with E-state index in [-0.39, 0.29) is 11.7 Å². The number of nitrogens with zero attached hydrogens (tertiary/aromatic N) is 4. The molecule has 8 nitrogen and oxygen atoms in total. The highest BCUT2D eigenvalue weighted by molar-refractivity contribution is 5.90. The topological polar surface area (TPSA) is 98.5 Å². The molecule has 2 aromatic rings. The summed E-state index contributed by atoms with van der Waals surface area (Å²) in [7, 11) is 1.31. The lowest BCUT2D eigenvalue weighted by atomic mass is 10.3. The lowest BCUT2D eigenvalue weighted by Crippen LogP contribution is -2.25. The second-order valence-electron chi connectivity index (χ2n) is 4.66. The third kappa shape index (κ3) is 3.66. The van der Waals surface area contributed by atoms with Crippen molar-refractivity contribution in [2.24, 2.45) is 0 Å². The average molecular weight is 303 g/mol. The number of rotatable bonds is 5. The number of carbonyl (C=O) groups excluding carboxylic acids is 2. The number of nitrogens with one attached hydrogen (secondary N) is 1. The lowest BCUT2D eigenvalue weighted by Gasteiger charge is -1.98. The van der Waals surface area contributed by atoms with E-state index in [0.717, 1.165) is 11.4 Å². The number of aryl methyl sites for hydroxylation is 2. The van der Waals surface area contributed by atoms with E-state index < -0.39 is 5.97 Å². The largest absolute Gasteiger partial charge is 0.466 e. The second kappa shape index (κ2) is 6.79. The van der Waals surface area contributed by atoms with Crippen LogP contribution in [0.1, 0.15) is 28.4 Å². The van der Waals surface area contributed by atoms with Crippen LogP contribution in [-0.2, 0) is 9.53 Å². The van der Waals surface area contributed by atoms with Crippen LogP contribution < -0.4 is 5.32 Å². The van der Waals surface area contributed by atoms with Crippen LogP contribution in [0.25, 0.3) is 5.78 Å². The highest BCUT2D eigenvalue weighted by Gasteiger charge is 2.14. The van der Waals surface area contributed by atoms with Crippen molar-refractivity contribution >= 4 is 17.7 Å². The lowest BCUT2D eigenvalue weighted by molar-refractivity contribution is -0.134. The van der Waals surface area contributed by atoms with Crippen molar-refractivity contribution < 1.29 is 14.3 Å². The predicted octanol–water partition coefficient (Wildman–Crippen LogP) is 0.590. The summed E-state index contributed by atoms with van der Waals surface area (Å²) in [6.07, 6.45) is 3.44. The SMILES string of the molecule is COC(=O)/C=C/CCNC(=O)c1nc2nc(C)cc(C)n2n1. The maximum atomic E-state index is 12.0. The number of hydrogen-bond acceptors (Lipinski definition) is 6. The van der Waals surface area contributed by atoms with Gasteiger partial charge in [-0.1, -0.05) is 6.08 Å². The van der Waals surface area contributed by atoms with Crippen molar-refractivity contribution in [3.63, 3.8) is 0 Å². The molecule has 116 valence electrons. The Bertz CT molecular complexity index is 735. The van der Waals surface area contributed by atoms with E-state index in [1.165, 1.54) is 17.7 Å². The maximum Gasteiger partial charge on any atom is 0.330 e. The molecule has 0 spiro atoms. The van der Waals surface area contributed by atoms with Crippen molar-refractivity contribution in [1.82, 2.24) is 24.9 Å². The Labute approximate surface area is 127 Å². The Morgan fingerprint density at radius 3 is 2.86 bits per heavy atom. The standard InChI is InChI=1S/C14H17N5O3/c1-9-8-10(2)19-14(16-9)17-12(18-19)13(21)15-7-5-4-6-11(20)22-3/h4,6,8H,5,7H2,1-3H3,(H,15,21)/b6-4+.